The van der Waals surface area contributed by atoms with Gasteiger partial charge in [0, 0.05) is 13.1 Å². The molecule has 2 N–H and O–H groups in total. The lowest BCUT2D eigenvalue weighted by Gasteiger charge is -2.25. The quantitative estimate of drug-likeness (QED) is 0.796. The molecule has 0 aliphatic carbocycles. The first-order valence-corrected chi connectivity index (χ1v) is 7.67. The van der Waals surface area contributed by atoms with E-state index in [4.69, 9.17) is 5.73 Å². The Morgan fingerprint density at radius 3 is 2.69 bits per heavy atom. The van der Waals surface area contributed by atoms with Gasteiger partial charge in [-0.3, -0.25) is 0 Å². The Morgan fingerprint density at radius 1 is 1.50 bits per heavy atom. The van der Waals surface area contributed by atoms with Crippen molar-refractivity contribution in [3.8, 4) is 0 Å². The molecule has 0 saturated carbocycles. The second kappa shape index (κ2) is 6.35. The summed E-state index contributed by atoms with van der Waals surface area (Å²) in [5, 5.41) is 1.23. The van der Waals surface area contributed by atoms with Crippen molar-refractivity contribution in [3.05, 3.63) is 0 Å². The third kappa shape index (κ3) is 3.04. The van der Waals surface area contributed by atoms with Crippen LogP contribution in [0.15, 0.2) is 4.90 Å². The maximum Gasteiger partial charge on any atom is 0.153 e. The fourth-order valence-electron chi connectivity index (χ4n) is 1.54. The Hall–Kier alpha value is -0.420. The van der Waals surface area contributed by atoms with Gasteiger partial charge in [0.1, 0.15) is 5.00 Å². The van der Waals surface area contributed by atoms with E-state index in [1.165, 1.54) is 23.0 Å². The number of hydrogen-bond donors (Lipinski definition) is 1. The van der Waals surface area contributed by atoms with E-state index in [0.717, 1.165) is 18.0 Å². The van der Waals surface area contributed by atoms with Gasteiger partial charge in [-0.2, -0.15) is 4.37 Å². The SMILES string of the molecule is CCC(C)CN(CC)c1snc(N)c1SC. The fraction of sp³-hybridized carbons (Fsp3) is 0.727. The molecular formula is C11H21N3S2. The highest BCUT2D eigenvalue weighted by molar-refractivity contribution is 7.99. The van der Waals surface area contributed by atoms with Gasteiger partial charge in [0.15, 0.2) is 5.82 Å². The van der Waals surface area contributed by atoms with E-state index in [2.05, 4.69) is 36.3 Å². The molecule has 1 rings (SSSR count). The molecule has 3 nitrogen and oxygen atoms in total. The molecule has 1 unspecified atom stereocenters. The van der Waals surface area contributed by atoms with E-state index in [1.54, 1.807) is 11.8 Å². The molecule has 0 aliphatic heterocycles. The lowest BCUT2D eigenvalue weighted by Crippen LogP contribution is -2.27. The second-order valence-corrected chi connectivity index (χ2v) is 5.53. The van der Waals surface area contributed by atoms with Crippen LogP contribution in [0.5, 0.6) is 0 Å². The lowest BCUT2D eigenvalue weighted by atomic mass is 10.1. The van der Waals surface area contributed by atoms with Crippen molar-refractivity contribution >= 4 is 34.1 Å². The molecule has 0 radical (unpaired) electrons. The average Bonchev–Trinajstić information content (AvgIpc) is 2.66. The number of nitrogen functional groups attached to an aromatic ring is 1. The summed E-state index contributed by atoms with van der Waals surface area (Å²) in [7, 11) is 0. The zero-order valence-corrected chi connectivity index (χ0v) is 12.1. The van der Waals surface area contributed by atoms with Crippen LogP contribution >= 0.6 is 23.3 Å². The molecule has 0 aliphatic rings. The average molecular weight is 259 g/mol. The Morgan fingerprint density at radius 2 is 2.19 bits per heavy atom. The number of thioether (sulfide) groups is 1. The predicted octanol–water partition coefficient (Wildman–Crippen LogP) is 3.32. The Labute approximate surface area is 107 Å². The van der Waals surface area contributed by atoms with Crippen molar-refractivity contribution in [1.29, 1.82) is 0 Å². The molecule has 0 saturated heterocycles. The summed E-state index contributed by atoms with van der Waals surface area (Å²) in [5.74, 6) is 1.38. The van der Waals surface area contributed by atoms with Crippen LogP contribution < -0.4 is 10.6 Å². The molecule has 1 aromatic rings. The lowest BCUT2D eigenvalue weighted by molar-refractivity contribution is 0.548. The zero-order valence-electron chi connectivity index (χ0n) is 10.5. The topological polar surface area (TPSA) is 42.2 Å². The summed E-state index contributed by atoms with van der Waals surface area (Å²) in [5.41, 5.74) is 5.86. The molecule has 0 aromatic carbocycles. The molecule has 1 aromatic heterocycles. The summed E-state index contributed by atoms with van der Waals surface area (Å²) in [4.78, 5) is 3.52. The Bertz CT molecular complexity index is 325. The summed E-state index contributed by atoms with van der Waals surface area (Å²) in [6.07, 6.45) is 3.26. The first-order chi connectivity index (χ1) is 7.63. The van der Waals surface area contributed by atoms with E-state index >= 15 is 0 Å². The fourth-order valence-corrected chi connectivity index (χ4v) is 3.30. The molecule has 0 spiro atoms. The van der Waals surface area contributed by atoms with Crippen LogP contribution in [0.1, 0.15) is 27.2 Å². The summed E-state index contributed by atoms with van der Waals surface area (Å²) >= 11 is 3.20. The molecular weight excluding hydrogens is 238 g/mol. The van der Waals surface area contributed by atoms with Gasteiger partial charge in [0.05, 0.1) is 4.90 Å². The third-order valence-electron chi connectivity index (χ3n) is 2.76. The van der Waals surface area contributed by atoms with Gasteiger partial charge in [-0.05, 0) is 30.6 Å². The van der Waals surface area contributed by atoms with Gasteiger partial charge in [-0.15, -0.1) is 11.8 Å². The van der Waals surface area contributed by atoms with Crippen LogP contribution in [0, 0.1) is 5.92 Å². The van der Waals surface area contributed by atoms with Crippen LogP contribution in [0.3, 0.4) is 0 Å². The number of rotatable bonds is 6. The highest BCUT2D eigenvalue weighted by Gasteiger charge is 2.17. The maximum absolute atomic E-state index is 5.86. The maximum atomic E-state index is 5.86. The van der Waals surface area contributed by atoms with Gasteiger partial charge in [0.2, 0.25) is 0 Å². The van der Waals surface area contributed by atoms with Crippen LogP contribution in [0.2, 0.25) is 0 Å². The van der Waals surface area contributed by atoms with E-state index in [9.17, 15) is 0 Å². The number of nitrogens with two attached hydrogens (primary N) is 1. The molecule has 16 heavy (non-hydrogen) atoms. The van der Waals surface area contributed by atoms with E-state index in [0.29, 0.717) is 11.7 Å². The summed E-state index contributed by atoms with van der Waals surface area (Å²) < 4.78 is 4.25. The summed E-state index contributed by atoms with van der Waals surface area (Å²) in [6, 6.07) is 0. The molecule has 92 valence electrons. The molecule has 0 bridgehead atoms. The van der Waals surface area contributed by atoms with E-state index in [-0.39, 0.29) is 0 Å². The number of aromatic nitrogens is 1. The summed E-state index contributed by atoms with van der Waals surface area (Å²) in [6.45, 7) is 8.80. The highest BCUT2D eigenvalue weighted by Crippen LogP contribution is 2.37. The third-order valence-corrected chi connectivity index (χ3v) is 4.62. The minimum atomic E-state index is 0.676. The predicted molar refractivity (Wildman–Crippen MR) is 75.6 cm³/mol. The van der Waals surface area contributed by atoms with Gasteiger partial charge in [0.25, 0.3) is 0 Å². The number of nitrogens with zero attached hydrogens (tertiary/aromatic N) is 2. The minimum Gasteiger partial charge on any atom is -0.382 e. The monoisotopic (exact) mass is 259 g/mol. The first-order valence-electron chi connectivity index (χ1n) is 5.68. The zero-order chi connectivity index (χ0) is 12.1. The van der Waals surface area contributed by atoms with Crippen molar-refractivity contribution in [3.63, 3.8) is 0 Å². The van der Waals surface area contributed by atoms with Crippen LogP contribution in [-0.4, -0.2) is 23.7 Å². The van der Waals surface area contributed by atoms with Gasteiger partial charge >= 0.3 is 0 Å². The van der Waals surface area contributed by atoms with Gasteiger partial charge in [-0.1, -0.05) is 20.3 Å². The van der Waals surface area contributed by atoms with E-state index in [1.807, 2.05) is 0 Å². The van der Waals surface area contributed by atoms with Crippen LogP contribution in [-0.2, 0) is 0 Å². The van der Waals surface area contributed by atoms with Crippen LogP contribution in [0.4, 0.5) is 10.8 Å². The smallest absolute Gasteiger partial charge is 0.153 e. The number of anilines is 2. The molecule has 0 fully saturated rings. The first kappa shape index (κ1) is 13.6. The largest absolute Gasteiger partial charge is 0.382 e. The van der Waals surface area contributed by atoms with Crippen molar-refractivity contribution in [2.75, 3.05) is 30.0 Å². The van der Waals surface area contributed by atoms with E-state index < -0.39 is 0 Å². The standard InChI is InChI=1S/C11H21N3S2/c1-5-8(3)7-14(6-2)11-9(15-4)10(12)13-16-11/h8H,5-7H2,1-4H3,(H2,12,13). The van der Waals surface area contributed by atoms with Crippen LogP contribution in [0.25, 0.3) is 0 Å². The highest BCUT2D eigenvalue weighted by atomic mass is 32.2. The van der Waals surface area contributed by atoms with Crippen molar-refractivity contribution in [1.82, 2.24) is 4.37 Å². The minimum absolute atomic E-state index is 0.676. The second-order valence-electron chi connectivity index (χ2n) is 3.96. The molecule has 1 heterocycles. The van der Waals surface area contributed by atoms with Crippen molar-refractivity contribution in [2.24, 2.45) is 5.92 Å². The molecule has 5 heteroatoms. The normalized spacial score (nSPS) is 12.8. The van der Waals surface area contributed by atoms with Gasteiger partial charge < -0.3 is 10.6 Å². The Balaban J connectivity index is 2.86. The molecule has 1 atom stereocenters. The van der Waals surface area contributed by atoms with Crippen molar-refractivity contribution < 1.29 is 0 Å². The molecule has 0 amide bonds. The van der Waals surface area contributed by atoms with Crippen molar-refractivity contribution in [2.45, 2.75) is 32.1 Å². The number of hydrogen-bond acceptors (Lipinski definition) is 5. The van der Waals surface area contributed by atoms with Gasteiger partial charge in [-0.25, -0.2) is 0 Å². The Kier molecular flexibility index (Phi) is 5.41.